The zero-order chi connectivity index (χ0) is 12.7. The molecule has 0 amide bonds. The standard InChI is InChI=1S/C8H6O4.C3H3NO.K.H2O/c9-7(10)5-2-1-3-6(4-5)8(11)12;1-2-5-3-4-1;;/h1-4H,(H,9,10)(H,11,12);1-3H;;1H2/q;;+1;/p-1. The first-order chi connectivity index (χ1) is 8.11. The van der Waals surface area contributed by atoms with Gasteiger partial charge in [0.1, 0.15) is 6.26 Å². The van der Waals surface area contributed by atoms with Gasteiger partial charge in [0.05, 0.1) is 17.7 Å². The van der Waals surface area contributed by atoms with Crippen LogP contribution in [0.1, 0.15) is 20.7 Å². The van der Waals surface area contributed by atoms with Crippen LogP contribution in [0.25, 0.3) is 0 Å². The van der Waals surface area contributed by atoms with Gasteiger partial charge < -0.3 is 24.9 Å². The van der Waals surface area contributed by atoms with Crippen molar-refractivity contribution in [3.05, 3.63) is 54.2 Å². The van der Waals surface area contributed by atoms with Gasteiger partial charge in [-0.25, -0.2) is 9.78 Å². The summed E-state index contributed by atoms with van der Waals surface area (Å²) in [5.41, 5.74) is -0.188. The fourth-order valence-corrected chi connectivity index (χ4v) is 0.955. The van der Waals surface area contributed by atoms with Gasteiger partial charge in [0.2, 0.25) is 0 Å². The number of hydrogen-bond donors (Lipinski definition) is 1. The molecule has 1 heterocycles. The van der Waals surface area contributed by atoms with Crippen molar-refractivity contribution < 1.29 is 81.1 Å². The molecular weight excluding hydrogens is 281 g/mol. The van der Waals surface area contributed by atoms with Gasteiger partial charge >= 0.3 is 57.4 Å². The third kappa shape index (κ3) is 7.88. The van der Waals surface area contributed by atoms with E-state index in [4.69, 9.17) is 5.11 Å². The molecule has 0 aliphatic carbocycles. The third-order valence-corrected chi connectivity index (χ3v) is 1.69. The maximum absolute atomic E-state index is 10.4. The number of benzene rings is 1. The van der Waals surface area contributed by atoms with E-state index in [0.717, 1.165) is 6.07 Å². The second kappa shape index (κ2) is 10.8. The Bertz CT molecular complexity index is 453. The third-order valence-electron chi connectivity index (χ3n) is 1.69. The number of nitrogens with zero attached hydrogens (tertiary/aromatic N) is 1. The van der Waals surface area contributed by atoms with Crippen molar-refractivity contribution in [2.75, 3.05) is 0 Å². The Balaban J connectivity index is 0. The van der Waals surface area contributed by atoms with Gasteiger partial charge in [-0.1, -0.05) is 12.1 Å². The van der Waals surface area contributed by atoms with E-state index in [2.05, 4.69) is 9.40 Å². The minimum absolute atomic E-state index is 0. The summed E-state index contributed by atoms with van der Waals surface area (Å²) in [6, 6.07) is 5.00. The maximum Gasteiger partial charge on any atom is 1.00 e. The molecule has 0 aliphatic heterocycles. The summed E-state index contributed by atoms with van der Waals surface area (Å²) >= 11 is 0. The van der Waals surface area contributed by atoms with Crippen LogP contribution < -0.4 is 56.5 Å². The zero-order valence-corrected chi connectivity index (χ0v) is 13.2. The summed E-state index contributed by atoms with van der Waals surface area (Å²) in [4.78, 5) is 24.2. The van der Waals surface area contributed by atoms with Crippen LogP contribution in [0.5, 0.6) is 0 Å². The van der Waals surface area contributed by atoms with E-state index in [9.17, 15) is 14.7 Å². The predicted octanol–water partition coefficient (Wildman–Crippen LogP) is -3.40. The predicted molar refractivity (Wildman–Crippen MR) is 57.8 cm³/mol. The Morgan fingerprint density at radius 2 is 1.89 bits per heavy atom. The summed E-state index contributed by atoms with van der Waals surface area (Å²) in [5, 5.41) is 18.7. The van der Waals surface area contributed by atoms with Crippen molar-refractivity contribution in [1.82, 2.24) is 4.98 Å². The Kier molecular flexibility index (Phi) is 11.6. The summed E-state index contributed by atoms with van der Waals surface area (Å²) in [6.45, 7) is 0. The minimum atomic E-state index is -1.38. The van der Waals surface area contributed by atoms with Gasteiger partial charge in [-0.2, -0.15) is 0 Å². The quantitative estimate of drug-likeness (QED) is 0.573. The number of carboxylic acids is 2. The SMILES string of the molecule is O.O=C([O-])c1cccc(C(=O)O)c1.[K+].c1cocn1. The average Bonchev–Trinajstić information content (AvgIpc) is 2.87. The Morgan fingerprint density at radius 1 is 1.26 bits per heavy atom. The van der Waals surface area contributed by atoms with E-state index in [-0.39, 0.29) is 68.0 Å². The summed E-state index contributed by atoms with van der Waals surface area (Å²) < 4.78 is 4.47. The van der Waals surface area contributed by atoms with Crippen LogP contribution in [0.15, 0.2) is 47.5 Å². The van der Waals surface area contributed by atoms with Crippen LogP contribution in [-0.4, -0.2) is 27.5 Å². The van der Waals surface area contributed by atoms with Crippen molar-refractivity contribution in [3.63, 3.8) is 0 Å². The number of hydrogen-bond acceptors (Lipinski definition) is 5. The van der Waals surface area contributed by atoms with Gasteiger partial charge in [0.15, 0.2) is 6.39 Å². The fraction of sp³-hybridized carbons (Fsp3) is 0. The Morgan fingerprint density at radius 3 is 2.26 bits per heavy atom. The van der Waals surface area contributed by atoms with E-state index in [0.29, 0.717) is 0 Å². The number of rotatable bonds is 2. The summed E-state index contributed by atoms with van der Waals surface area (Å²) in [7, 11) is 0. The van der Waals surface area contributed by atoms with E-state index in [1.54, 1.807) is 6.20 Å². The van der Waals surface area contributed by atoms with Crippen molar-refractivity contribution >= 4 is 11.9 Å². The Hall–Kier alpha value is -1.03. The molecular formula is C11H10KNO6. The number of carbonyl (C=O) groups is 2. The largest absolute Gasteiger partial charge is 1.00 e. The average molecular weight is 291 g/mol. The first kappa shape index (κ1) is 20.3. The van der Waals surface area contributed by atoms with Gasteiger partial charge in [-0.3, -0.25) is 0 Å². The Labute approximate surface area is 151 Å². The van der Waals surface area contributed by atoms with Gasteiger partial charge in [-0.05, 0) is 17.7 Å². The molecule has 96 valence electrons. The van der Waals surface area contributed by atoms with Crippen LogP contribution in [0.4, 0.5) is 0 Å². The molecule has 0 saturated heterocycles. The molecule has 0 radical (unpaired) electrons. The molecule has 2 rings (SSSR count). The molecule has 0 saturated carbocycles. The molecule has 7 nitrogen and oxygen atoms in total. The minimum Gasteiger partial charge on any atom is -0.545 e. The molecule has 1 aromatic carbocycles. The second-order valence-electron chi connectivity index (χ2n) is 2.85. The number of oxazole rings is 1. The second-order valence-corrected chi connectivity index (χ2v) is 2.85. The maximum atomic E-state index is 10.4. The molecule has 19 heavy (non-hydrogen) atoms. The fourth-order valence-electron chi connectivity index (χ4n) is 0.955. The molecule has 0 spiro atoms. The molecule has 0 fully saturated rings. The summed E-state index contributed by atoms with van der Waals surface area (Å²) in [6.07, 6.45) is 4.47. The van der Waals surface area contributed by atoms with Crippen LogP contribution in [0.2, 0.25) is 0 Å². The van der Waals surface area contributed by atoms with Crippen LogP contribution in [0.3, 0.4) is 0 Å². The number of aromatic carboxylic acids is 2. The molecule has 0 bridgehead atoms. The summed E-state index contributed by atoms with van der Waals surface area (Å²) in [5.74, 6) is -2.53. The van der Waals surface area contributed by atoms with Crippen molar-refractivity contribution in [2.24, 2.45) is 0 Å². The zero-order valence-electron chi connectivity index (χ0n) is 10.1. The molecule has 0 aliphatic rings. The van der Waals surface area contributed by atoms with Crippen LogP contribution in [-0.2, 0) is 0 Å². The van der Waals surface area contributed by atoms with Crippen molar-refractivity contribution in [3.8, 4) is 0 Å². The van der Waals surface area contributed by atoms with Crippen molar-refractivity contribution in [1.29, 1.82) is 0 Å². The molecule has 0 unspecified atom stereocenters. The molecule has 2 aromatic rings. The number of aromatic nitrogens is 1. The van der Waals surface area contributed by atoms with Crippen LogP contribution >= 0.6 is 0 Å². The van der Waals surface area contributed by atoms with Gasteiger partial charge in [-0.15, -0.1) is 0 Å². The monoisotopic (exact) mass is 291 g/mol. The van der Waals surface area contributed by atoms with Crippen molar-refractivity contribution in [2.45, 2.75) is 0 Å². The molecule has 1 aromatic heterocycles. The van der Waals surface area contributed by atoms with E-state index in [1.165, 1.54) is 30.9 Å². The molecule has 8 heteroatoms. The van der Waals surface area contributed by atoms with Crippen LogP contribution in [0, 0.1) is 0 Å². The van der Waals surface area contributed by atoms with Gasteiger partial charge in [0.25, 0.3) is 0 Å². The smallest absolute Gasteiger partial charge is 0.545 e. The topological polar surface area (TPSA) is 135 Å². The normalized spacial score (nSPS) is 8.00. The van der Waals surface area contributed by atoms with E-state index in [1.807, 2.05) is 0 Å². The first-order valence-electron chi connectivity index (χ1n) is 4.48. The van der Waals surface area contributed by atoms with E-state index >= 15 is 0 Å². The molecule has 0 atom stereocenters. The molecule has 3 N–H and O–H groups in total. The van der Waals surface area contributed by atoms with E-state index < -0.39 is 11.9 Å². The number of carboxylic acid groups (broad SMARTS) is 2. The van der Waals surface area contributed by atoms with Gasteiger partial charge in [0, 0.05) is 0 Å². The number of carbonyl (C=O) groups excluding carboxylic acids is 1. The first-order valence-corrected chi connectivity index (χ1v) is 4.48.